The molecule has 0 aliphatic carbocycles. The number of aromatic nitrogens is 1. The van der Waals surface area contributed by atoms with Crippen molar-refractivity contribution in [3.8, 4) is 0 Å². The third kappa shape index (κ3) is 2.96. The SMILES string of the molecule is Cc1cc(Cl)ncc1NCc1cc(F)ccc1F. The summed E-state index contributed by atoms with van der Waals surface area (Å²) in [5, 5.41) is 3.39. The van der Waals surface area contributed by atoms with Crippen LogP contribution in [-0.4, -0.2) is 4.98 Å². The summed E-state index contributed by atoms with van der Waals surface area (Å²) >= 11 is 5.73. The van der Waals surface area contributed by atoms with E-state index in [9.17, 15) is 8.78 Å². The molecule has 0 spiro atoms. The Labute approximate surface area is 109 Å². The number of nitrogens with zero attached hydrogens (tertiary/aromatic N) is 1. The molecular weight excluding hydrogens is 258 g/mol. The fourth-order valence-corrected chi connectivity index (χ4v) is 1.79. The van der Waals surface area contributed by atoms with Crippen LogP contribution < -0.4 is 5.32 Å². The highest BCUT2D eigenvalue weighted by Crippen LogP contribution is 2.18. The Bertz CT molecular complexity index is 573. The number of aryl methyl sites for hydroxylation is 1. The third-order valence-electron chi connectivity index (χ3n) is 2.55. The maximum atomic E-state index is 13.4. The molecule has 0 unspecified atom stereocenters. The smallest absolute Gasteiger partial charge is 0.129 e. The second kappa shape index (κ2) is 5.31. The number of hydrogen-bond donors (Lipinski definition) is 1. The Morgan fingerprint density at radius 2 is 2.06 bits per heavy atom. The zero-order valence-electron chi connectivity index (χ0n) is 9.67. The van der Waals surface area contributed by atoms with Gasteiger partial charge in [-0.1, -0.05) is 11.6 Å². The zero-order chi connectivity index (χ0) is 13.1. The highest BCUT2D eigenvalue weighted by atomic mass is 35.5. The van der Waals surface area contributed by atoms with Gasteiger partial charge in [-0.15, -0.1) is 0 Å². The minimum absolute atomic E-state index is 0.188. The molecule has 0 atom stereocenters. The molecule has 0 radical (unpaired) electrons. The molecular formula is C13H11ClF2N2. The first-order chi connectivity index (χ1) is 8.56. The van der Waals surface area contributed by atoms with Crippen LogP contribution in [0.1, 0.15) is 11.1 Å². The topological polar surface area (TPSA) is 24.9 Å². The Balaban J connectivity index is 2.13. The predicted octanol–water partition coefficient (Wildman–Crippen LogP) is 3.93. The molecule has 0 aliphatic heterocycles. The second-order valence-corrected chi connectivity index (χ2v) is 4.30. The van der Waals surface area contributed by atoms with E-state index in [1.54, 1.807) is 12.3 Å². The molecule has 0 saturated carbocycles. The molecule has 2 aromatic rings. The van der Waals surface area contributed by atoms with Crippen LogP contribution in [0.15, 0.2) is 30.5 Å². The number of anilines is 1. The molecule has 0 aliphatic rings. The number of hydrogen-bond acceptors (Lipinski definition) is 2. The van der Waals surface area contributed by atoms with E-state index >= 15 is 0 Å². The van der Waals surface area contributed by atoms with Gasteiger partial charge in [0.25, 0.3) is 0 Å². The van der Waals surface area contributed by atoms with Crippen molar-refractivity contribution >= 4 is 17.3 Å². The average Bonchev–Trinajstić information content (AvgIpc) is 2.32. The van der Waals surface area contributed by atoms with E-state index in [-0.39, 0.29) is 12.1 Å². The number of rotatable bonds is 3. The highest BCUT2D eigenvalue weighted by molar-refractivity contribution is 6.29. The van der Waals surface area contributed by atoms with Crippen molar-refractivity contribution in [3.05, 3.63) is 58.4 Å². The Morgan fingerprint density at radius 3 is 2.78 bits per heavy atom. The molecule has 0 bridgehead atoms. The van der Waals surface area contributed by atoms with Gasteiger partial charge >= 0.3 is 0 Å². The van der Waals surface area contributed by atoms with Gasteiger partial charge in [-0.25, -0.2) is 13.8 Å². The molecule has 0 saturated heterocycles. The van der Waals surface area contributed by atoms with Crippen molar-refractivity contribution in [2.45, 2.75) is 13.5 Å². The number of pyridine rings is 1. The summed E-state index contributed by atoms with van der Waals surface area (Å²) in [5.41, 5.74) is 1.90. The van der Waals surface area contributed by atoms with Gasteiger partial charge in [-0.2, -0.15) is 0 Å². The lowest BCUT2D eigenvalue weighted by atomic mass is 10.2. The molecule has 0 fully saturated rings. The van der Waals surface area contributed by atoms with E-state index in [0.717, 1.165) is 23.4 Å². The maximum absolute atomic E-state index is 13.4. The van der Waals surface area contributed by atoms with Crippen LogP contribution in [0.25, 0.3) is 0 Å². The van der Waals surface area contributed by atoms with E-state index in [1.165, 1.54) is 6.07 Å². The van der Waals surface area contributed by atoms with E-state index in [4.69, 9.17) is 11.6 Å². The molecule has 2 nitrogen and oxygen atoms in total. The van der Waals surface area contributed by atoms with Crippen molar-refractivity contribution in [1.82, 2.24) is 4.98 Å². The van der Waals surface area contributed by atoms with Gasteiger partial charge in [0, 0.05) is 12.1 Å². The fourth-order valence-electron chi connectivity index (χ4n) is 1.58. The first-order valence-corrected chi connectivity index (χ1v) is 5.74. The van der Waals surface area contributed by atoms with Crippen molar-refractivity contribution in [3.63, 3.8) is 0 Å². The Hall–Kier alpha value is -1.68. The van der Waals surface area contributed by atoms with Gasteiger partial charge < -0.3 is 5.32 Å². The summed E-state index contributed by atoms with van der Waals surface area (Å²) < 4.78 is 26.4. The number of halogens is 3. The molecule has 1 aromatic heterocycles. The average molecular weight is 269 g/mol. The first kappa shape index (κ1) is 12.8. The van der Waals surface area contributed by atoms with E-state index in [0.29, 0.717) is 5.15 Å². The number of nitrogens with one attached hydrogen (secondary N) is 1. The minimum Gasteiger partial charge on any atom is -0.379 e. The summed E-state index contributed by atoms with van der Waals surface area (Å²) in [4.78, 5) is 3.93. The van der Waals surface area contributed by atoms with Crippen molar-refractivity contribution < 1.29 is 8.78 Å². The Kier molecular flexibility index (Phi) is 3.77. The van der Waals surface area contributed by atoms with Crippen molar-refractivity contribution in [2.75, 3.05) is 5.32 Å². The molecule has 94 valence electrons. The first-order valence-electron chi connectivity index (χ1n) is 5.36. The van der Waals surface area contributed by atoms with Crippen LogP contribution in [0.4, 0.5) is 14.5 Å². The van der Waals surface area contributed by atoms with Crippen molar-refractivity contribution in [1.29, 1.82) is 0 Å². The zero-order valence-corrected chi connectivity index (χ0v) is 10.4. The lowest BCUT2D eigenvalue weighted by molar-refractivity contribution is 0.587. The van der Waals surface area contributed by atoms with Gasteiger partial charge in [0.05, 0.1) is 11.9 Å². The van der Waals surface area contributed by atoms with Gasteiger partial charge in [-0.3, -0.25) is 0 Å². The van der Waals surface area contributed by atoms with Crippen LogP contribution in [0.2, 0.25) is 5.15 Å². The quantitative estimate of drug-likeness (QED) is 0.853. The summed E-state index contributed by atoms with van der Waals surface area (Å²) in [6, 6.07) is 5.07. The van der Waals surface area contributed by atoms with E-state index in [1.807, 2.05) is 6.92 Å². The lowest BCUT2D eigenvalue weighted by Gasteiger charge is -2.10. The molecule has 2 rings (SSSR count). The van der Waals surface area contributed by atoms with Crippen LogP contribution in [-0.2, 0) is 6.54 Å². The summed E-state index contributed by atoms with van der Waals surface area (Å²) in [6.07, 6.45) is 1.56. The highest BCUT2D eigenvalue weighted by Gasteiger charge is 2.05. The van der Waals surface area contributed by atoms with Gasteiger partial charge in [0.1, 0.15) is 16.8 Å². The summed E-state index contributed by atoms with van der Waals surface area (Å²) in [7, 11) is 0. The largest absolute Gasteiger partial charge is 0.379 e. The summed E-state index contributed by atoms with van der Waals surface area (Å²) in [6.45, 7) is 2.05. The monoisotopic (exact) mass is 268 g/mol. The third-order valence-corrected chi connectivity index (χ3v) is 2.76. The van der Waals surface area contributed by atoms with Crippen LogP contribution in [0.3, 0.4) is 0 Å². The molecule has 5 heteroatoms. The minimum atomic E-state index is -0.459. The molecule has 0 amide bonds. The maximum Gasteiger partial charge on any atom is 0.129 e. The molecule has 1 aromatic carbocycles. The second-order valence-electron chi connectivity index (χ2n) is 3.91. The van der Waals surface area contributed by atoms with E-state index < -0.39 is 11.6 Å². The molecule has 1 heterocycles. The molecule has 18 heavy (non-hydrogen) atoms. The van der Waals surface area contributed by atoms with E-state index in [2.05, 4.69) is 10.3 Å². The Morgan fingerprint density at radius 1 is 1.28 bits per heavy atom. The van der Waals surface area contributed by atoms with Gasteiger partial charge in [-0.05, 0) is 36.8 Å². The normalized spacial score (nSPS) is 10.4. The number of benzene rings is 1. The van der Waals surface area contributed by atoms with Crippen LogP contribution in [0.5, 0.6) is 0 Å². The summed E-state index contributed by atoms with van der Waals surface area (Å²) in [5.74, 6) is -0.900. The van der Waals surface area contributed by atoms with Crippen molar-refractivity contribution in [2.24, 2.45) is 0 Å². The fraction of sp³-hybridized carbons (Fsp3) is 0.154. The molecule has 1 N–H and O–H groups in total. The standard InChI is InChI=1S/C13H11ClF2N2/c1-8-4-13(14)18-7-12(8)17-6-9-5-10(15)2-3-11(9)16/h2-5,7,17H,6H2,1H3. The van der Waals surface area contributed by atoms with Gasteiger partial charge in [0.15, 0.2) is 0 Å². The lowest BCUT2D eigenvalue weighted by Crippen LogP contribution is -2.04. The van der Waals surface area contributed by atoms with Crippen LogP contribution in [0, 0.1) is 18.6 Å². The van der Waals surface area contributed by atoms with Crippen LogP contribution >= 0.6 is 11.6 Å². The van der Waals surface area contributed by atoms with Gasteiger partial charge in [0.2, 0.25) is 0 Å². The predicted molar refractivity (Wildman–Crippen MR) is 67.7 cm³/mol.